The van der Waals surface area contributed by atoms with Crippen molar-refractivity contribution >= 4 is 22.7 Å². The standard InChI is InChI=1S/C27H30F6N4/c1-5-34-20-14-12-18(26(28,29)30)16-22(20)36(7-3)24(34)10-9-11-25-35(6-2)21-15-13-19(27(31,32)33)17-23(21)37(25)8-4/h9,12-17,24H,5-8,10H2,1-4H3. The van der Waals surface area contributed by atoms with Crippen molar-refractivity contribution in [1.82, 2.24) is 0 Å². The highest BCUT2D eigenvalue weighted by Crippen LogP contribution is 2.45. The van der Waals surface area contributed by atoms with Gasteiger partial charge in [-0.3, -0.25) is 0 Å². The van der Waals surface area contributed by atoms with Crippen molar-refractivity contribution in [1.29, 1.82) is 0 Å². The number of anilines is 4. The maximum Gasteiger partial charge on any atom is 0.416 e. The van der Waals surface area contributed by atoms with Gasteiger partial charge in [0, 0.05) is 32.6 Å². The number of alkyl halides is 6. The van der Waals surface area contributed by atoms with Crippen molar-refractivity contribution in [3.8, 4) is 0 Å². The van der Waals surface area contributed by atoms with Crippen LogP contribution in [-0.4, -0.2) is 32.3 Å². The van der Waals surface area contributed by atoms with E-state index in [1.807, 2.05) is 43.6 Å². The average Bonchev–Trinajstić information content (AvgIpc) is 3.32. The monoisotopic (exact) mass is 524 g/mol. The smallest absolute Gasteiger partial charge is 0.349 e. The predicted molar refractivity (Wildman–Crippen MR) is 135 cm³/mol. The van der Waals surface area contributed by atoms with Crippen LogP contribution in [0, 0.1) is 0 Å². The highest BCUT2D eigenvalue weighted by Gasteiger charge is 2.38. The van der Waals surface area contributed by atoms with Crippen LogP contribution in [-0.2, 0) is 12.4 Å². The summed E-state index contributed by atoms with van der Waals surface area (Å²) in [6.45, 7) is 9.79. The van der Waals surface area contributed by atoms with Crippen LogP contribution in [0.2, 0.25) is 0 Å². The first kappa shape index (κ1) is 26.8. The number of hydrogen-bond donors (Lipinski definition) is 0. The number of rotatable bonds is 6. The molecule has 2 aliphatic heterocycles. The minimum Gasteiger partial charge on any atom is -0.349 e. The lowest BCUT2D eigenvalue weighted by atomic mass is 10.1. The highest BCUT2D eigenvalue weighted by molar-refractivity contribution is 5.83. The van der Waals surface area contributed by atoms with Gasteiger partial charge in [-0.25, -0.2) is 0 Å². The molecule has 0 radical (unpaired) electrons. The van der Waals surface area contributed by atoms with Gasteiger partial charge in [-0.05, 0) is 70.2 Å². The van der Waals surface area contributed by atoms with Gasteiger partial charge >= 0.3 is 12.4 Å². The fourth-order valence-corrected chi connectivity index (χ4v) is 5.25. The van der Waals surface area contributed by atoms with Gasteiger partial charge in [0.25, 0.3) is 0 Å². The Morgan fingerprint density at radius 2 is 1.16 bits per heavy atom. The molecular weight excluding hydrogens is 494 g/mol. The second kappa shape index (κ2) is 9.89. The van der Waals surface area contributed by atoms with E-state index < -0.39 is 23.5 Å². The van der Waals surface area contributed by atoms with Crippen LogP contribution in [0.5, 0.6) is 0 Å². The fraction of sp³-hybridized carbons (Fsp3) is 0.444. The summed E-state index contributed by atoms with van der Waals surface area (Å²) in [5.41, 5.74) is 4.37. The second-order valence-corrected chi connectivity index (χ2v) is 8.85. The average molecular weight is 525 g/mol. The lowest BCUT2D eigenvalue weighted by Gasteiger charge is -2.31. The molecule has 0 bridgehead atoms. The molecule has 4 nitrogen and oxygen atoms in total. The first-order chi connectivity index (χ1) is 17.5. The Balaban J connectivity index is 1.68. The van der Waals surface area contributed by atoms with Crippen LogP contribution in [0.15, 0.2) is 54.0 Å². The first-order valence-electron chi connectivity index (χ1n) is 12.4. The van der Waals surface area contributed by atoms with E-state index in [9.17, 15) is 26.3 Å². The molecule has 0 saturated carbocycles. The molecule has 2 aliphatic rings. The van der Waals surface area contributed by atoms with Crippen LogP contribution in [0.25, 0.3) is 0 Å². The molecule has 0 fully saturated rings. The summed E-state index contributed by atoms with van der Waals surface area (Å²) in [6.07, 6.45) is -6.76. The summed E-state index contributed by atoms with van der Waals surface area (Å²) in [7, 11) is 0. The number of hydrogen-bond acceptors (Lipinski definition) is 4. The van der Waals surface area contributed by atoms with E-state index in [-0.39, 0.29) is 6.17 Å². The highest BCUT2D eigenvalue weighted by atomic mass is 19.4. The third kappa shape index (κ3) is 4.75. The molecule has 0 aliphatic carbocycles. The molecule has 0 saturated heterocycles. The molecule has 0 amide bonds. The van der Waals surface area contributed by atoms with Gasteiger partial charge in [0.1, 0.15) is 6.17 Å². The summed E-state index contributed by atoms with van der Waals surface area (Å²) in [6, 6.07) is 7.58. The van der Waals surface area contributed by atoms with Crippen molar-refractivity contribution in [3.63, 3.8) is 0 Å². The lowest BCUT2D eigenvalue weighted by Crippen LogP contribution is -2.42. The van der Waals surface area contributed by atoms with E-state index in [2.05, 4.69) is 10.6 Å². The van der Waals surface area contributed by atoms with Crippen molar-refractivity contribution in [2.24, 2.45) is 0 Å². The number of nitrogens with zero attached hydrogens (tertiary/aromatic N) is 4. The zero-order chi connectivity index (χ0) is 27.1. The Hall–Kier alpha value is -3.26. The SMILES string of the molecule is CCN1C(=C=CCC2N(CC)c3ccc(C(F)(F)F)cc3N2CC)N(CC)c2cc(C(F)(F)F)ccc21. The molecule has 1 unspecified atom stereocenters. The predicted octanol–water partition coefficient (Wildman–Crippen LogP) is 7.47. The van der Waals surface area contributed by atoms with Crippen LogP contribution >= 0.6 is 0 Å². The maximum atomic E-state index is 13.4. The number of halogens is 6. The molecular formula is C27H30F6N4. The lowest BCUT2D eigenvalue weighted by molar-refractivity contribution is -0.138. The van der Waals surface area contributed by atoms with Gasteiger partial charge in [-0.1, -0.05) is 5.73 Å². The van der Waals surface area contributed by atoms with Crippen LogP contribution in [0.1, 0.15) is 45.2 Å². The van der Waals surface area contributed by atoms with E-state index in [4.69, 9.17) is 0 Å². The molecule has 37 heavy (non-hydrogen) atoms. The van der Waals surface area contributed by atoms with Crippen molar-refractivity contribution in [2.75, 3.05) is 45.8 Å². The summed E-state index contributed by atoms with van der Waals surface area (Å²) >= 11 is 0. The second-order valence-electron chi connectivity index (χ2n) is 8.85. The van der Waals surface area contributed by atoms with Gasteiger partial charge < -0.3 is 19.6 Å². The van der Waals surface area contributed by atoms with Crippen molar-refractivity contribution < 1.29 is 26.3 Å². The topological polar surface area (TPSA) is 13.0 Å². The van der Waals surface area contributed by atoms with Gasteiger partial charge in [0.05, 0.1) is 33.9 Å². The van der Waals surface area contributed by atoms with Gasteiger partial charge in [-0.15, -0.1) is 0 Å². The molecule has 200 valence electrons. The molecule has 0 N–H and O–H groups in total. The molecule has 1 atom stereocenters. The zero-order valence-corrected chi connectivity index (χ0v) is 21.2. The Morgan fingerprint density at radius 1 is 0.676 bits per heavy atom. The zero-order valence-electron chi connectivity index (χ0n) is 21.2. The first-order valence-corrected chi connectivity index (χ1v) is 12.4. The Bertz CT molecular complexity index is 1210. The molecule has 2 aromatic carbocycles. The van der Waals surface area contributed by atoms with Gasteiger partial charge in [0.15, 0.2) is 5.82 Å². The summed E-state index contributed by atoms with van der Waals surface area (Å²) < 4.78 is 80.1. The minimum absolute atomic E-state index is 0.202. The molecule has 0 spiro atoms. The van der Waals surface area contributed by atoms with E-state index >= 15 is 0 Å². The summed E-state index contributed by atoms with van der Waals surface area (Å²) in [4.78, 5) is 7.74. The third-order valence-corrected chi connectivity index (χ3v) is 6.91. The molecule has 10 heteroatoms. The molecule has 2 aromatic rings. The minimum atomic E-state index is -4.44. The van der Waals surface area contributed by atoms with Crippen molar-refractivity contribution in [2.45, 2.75) is 52.6 Å². The fourth-order valence-electron chi connectivity index (χ4n) is 5.25. The Morgan fingerprint density at radius 3 is 1.68 bits per heavy atom. The molecule has 0 aromatic heterocycles. The van der Waals surface area contributed by atoms with Gasteiger partial charge in [-0.2, -0.15) is 26.3 Å². The Kier molecular flexibility index (Phi) is 7.16. The maximum absolute atomic E-state index is 13.4. The Labute approximate surface area is 213 Å². The summed E-state index contributed by atoms with van der Waals surface area (Å²) in [5.74, 6) is 0.653. The number of fused-ring (bicyclic) bond motifs is 2. The quantitative estimate of drug-likeness (QED) is 0.287. The van der Waals surface area contributed by atoms with Crippen LogP contribution in [0.4, 0.5) is 49.1 Å². The number of benzene rings is 2. The van der Waals surface area contributed by atoms with Crippen LogP contribution in [0.3, 0.4) is 0 Å². The van der Waals surface area contributed by atoms with E-state index in [1.165, 1.54) is 24.3 Å². The van der Waals surface area contributed by atoms with E-state index in [0.717, 1.165) is 17.8 Å². The van der Waals surface area contributed by atoms with Gasteiger partial charge in [0.2, 0.25) is 0 Å². The summed E-state index contributed by atoms with van der Waals surface area (Å²) in [5, 5.41) is 0. The molecule has 4 rings (SSSR count). The largest absolute Gasteiger partial charge is 0.416 e. The third-order valence-electron chi connectivity index (χ3n) is 6.91. The van der Waals surface area contributed by atoms with E-state index in [0.29, 0.717) is 55.5 Å². The van der Waals surface area contributed by atoms with Crippen molar-refractivity contribution in [3.05, 3.63) is 65.2 Å². The molecule has 2 heterocycles. The van der Waals surface area contributed by atoms with E-state index in [1.54, 1.807) is 4.90 Å². The normalized spacial score (nSPS) is 17.4. The van der Waals surface area contributed by atoms with Crippen LogP contribution < -0.4 is 19.6 Å².